The van der Waals surface area contributed by atoms with Crippen LogP contribution in [-0.2, 0) is 6.54 Å². The minimum atomic E-state index is 0.547. The molecule has 1 aliphatic heterocycles. The molecule has 3 rings (SSSR count). The topological polar surface area (TPSA) is 28.4 Å². The number of rotatable bonds is 4. The first kappa shape index (κ1) is 12.3. The first-order valence-corrected chi connectivity index (χ1v) is 6.90. The molecular formula is C16H20N2O. The first-order valence-electron chi connectivity index (χ1n) is 6.90. The lowest BCUT2D eigenvalue weighted by Gasteiger charge is -2.18. The second kappa shape index (κ2) is 5.49. The highest BCUT2D eigenvalue weighted by Gasteiger charge is 2.22. The van der Waals surface area contributed by atoms with Crippen molar-refractivity contribution in [2.45, 2.75) is 25.9 Å². The molecule has 3 nitrogen and oxygen atoms in total. The largest absolute Gasteiger partial charge is 0.465 e. The molecule has 1 fully saturated rings. The highest BCUT2D eigenvalue weighted by Crippen LogP contribution is 2.20. The summed E-state index contributed by atoms with van der Waals surface area (Å²) in [5.41, 5.74) is 1.32. The first-order chi connectivity index (χ1) is 9.31. The molecule has 0 amide bonds. The van der Waals surface area contributed by atoms with Crippen LogP contribution < -0.4 is 10.2 Å². The van der Waals surface area contributed by atoms with Gasteiger partial charge in [-0.25, -0.2) is 0 Å². The van der Waals surface area contributed by atoms with Gasteiger partial charge in [-0.3, -0.25) is 0 Å². The van der Waals surface area contributed by atoms with Gasteiger partial charge in [0.25, 0.3) is 0 Å². The monoisotopic (exact) mass is 256 g/mol. The normalized spacial score (nSPS) is 19.0. The van der Waals surface area contributed by atoms with Crippen LogP contribution in [0.4, 0.5) is 5.69 Å². The van der Waals surface area contributed by atoms with Crippen LogP contribution in [-0.4, -0.2) is 19.1 Å². The minimum Gasteiger partial charge on any atom is -0.465 e. The summed E-state index contributed by atoms with van der Waals surface area (Å²) in [6.45, 7) is 5.00. The lowest BCUT2D eigenvalue weighted by atomic mass is 10.2. The highest BCUT2D eigenvalue weighted by atomic mass is 16.3. The Labute approximate surface area is 114 Å². The molecule has 0 aliphatic carbocycles. The molecule has 1 aliphatic rings. The molecule has 0 radical (unpaired) electrons. The maximum Gasteiger partial charge on any atom is 0.117 e. The minimum absolute atomic E-state index is 0.547. The summed E-state index contributed by atoms with van der Waals surface area (Å²) < 4.78 is 5.58. The van der Waals surface area contributed by atoms with Gasteiger partial charge in [0.1, 0.15) is 11.5 Å². The predicted molar refractivity (Wildman–Crippen MR) is 77.3 cm³/mol. The number of furan rings is 1. The quantitative estimate of drug-likeness (QED) is 0.911. The molecule has 1 unspecified atom stereocenters. The molecule has 100 valence electrons. The van der Waals surface area contributed by atoms with Crippen molar-refractivity contribution in [3.63, 3.8) is 0 Å². The van der Waals surface area contributed by atoms with Crippen LogP contribution in [0.5, 0.6) is 0 Å². The van der Waals surface area contributed by atoms with E-state index in [1.807, 2.05) is 19.1 Å². The average Bonchev–Trinajstić information content (AvgIpc) is 3.06. The number of nitrogens with zero attached hydrogens (tertiary/aromatic N) is 1. The molecule has 19 heavy (non-hydrogen) atoms. The Kier molecular flexibility index (Phi) is 3.56. The van der Waals surface area contributed by atoms with Crippen LogP contribution in [0.15, 0.2) is 46.9 Å². The maximum absolute atomic E-state index is 5.58. The summed E-state index contributed by atoms with van der Waals surface area (Å²) in [5, 5.41) is 3.58. The second-order valence-corrected chi connectivity index (χ2v) is 5.16. The van der Waals surface area contributed by atoms with Gasteiger partial charge in [-0.15, -0.1) is 0 Å². The van der Waals surface area contributed by atoms with E-state index in [1.165, 1.54) is 12.1 Å². The molecule has 1 aromatic heterocycles. The standard InChI is InChI=1S/C16H20N2O/c1-13-7-8-16(19-13)11-17-14-9-10-18(12-14)15-5-3-2-4-6-15/h2-8,14,17H,9-12H2,1H3. The number of para-hydroxylation sites is 1. The van der Waals surface area contributed by atoms with Crippen LogP contribution >= 0.6 is 0 Å². The van der Waals surface area contributed by atoms with Crippen LogP contribution in [0, 0.1) is 6.92 Å². The third-order valence-corrected chi connectivity index (χ3v) is 3.67. The van der Waals surface area contributed by atoms with E-state index in [4.69, 9.17) is 4.42 Å². The van der Waals surface area contributed by atoms with Crippen molar-refractivity contribution in [2.24, 2.45) is 0 Å². The van der Waals surface area contributed by atoms with Gasteiger partial charge in [0, 0.05) is 24.8 Å². The van der Waals surface area contributed by atoms with Gasteiger partial charge in [0.2, 0.25) is 0 Å². The van der Waals surface area contributed by atoms with Crippen molar-refractivity contribution < 1.29 is 4.42 Å². The summed E-state index contributed by atoms with van der Waals surface area (Å²) in [6.07, 6.45) is 1.19. The molecule has 0 saturated carbocycles. The van der Waals surface area contributed by atoms with E-state index in [0.717, 1.165) is 31.2 Å². The zero-order valence-electron chi connectivity index (χ0n) is 11.3. The zero-order valence-corrected chi connectivity index (χ0v) is 11.3. The van der Waals surface area contributed by atoms with E-state index in [0.29, 0.717) is 6.04 Å². The van der Waals surface area contributed by atoms with Gasteiger partial charge < -0.3 is 14.6 Å². The maximum atomic E-state index is 5.58. The van der Waals surface area contributed by atoms with E-state index in [1.54, 1.807) is 0 Å². The Morgan fingerprint density at radius 3 is 2.79 bits per heavy atom. The lowest BCUT2D eigenvalue weighted by Crippen LogP contribution is -2.31. The van der Waals surface area contributed by atoms with Gasteiger partial charge in [-0.1, -0.05) is 18.2 Å². The summed E-state index contributed by atoms with van der Waals surface area (Å²) in [7, 11) is 0. The predicted octanol–water partition coefficient (Wildman–Crippen LogP) is 2.96. The fourth-order valence-electron chi connectivity index (χ4n) is 2.63. The van der Waals surface area contributed by atoms with Gasteiger partial charge >= 0.3 is 0 Å². The van der Waals surface area contributed by atoms with Crippen molar-refractivity contribution in [2.75, 3.05) is 18.0 Å². The van der Waals surface area contributed by atoms with Crippen LogP contribution in [0.1, 0.15) is 17.9 Å². The highest BCUT2D eigenvalue weighted by molar-refractivity contribution is 5.47. The zero-order chi connectivity index (χ0) is 13.1. The van der Waals surface area contributed by atoms with E-state index < -0.39 is 0 Å². The molecule has 0 bridgehead atoms. The van der Waals surface area contributed by atoms with E-state index in [-0.39, 0.29) is 0 Å². The number of hydrogen-bond acceptors (Lipinski definition) is 3. The summed E-state index contributed by atoms with van der Waals surface area (Å²) >= 11 is 0. The van der Waals surface area contributed by atoms with Crippen molar-refractivity contribution >= 4 is 5.69 Å². The molecule has 1 saturated heterocycles. The van der Waals surface area contributed by atoms with E-state index in [2.05, 4.69) is 40.5 Å². The summed E-state index contributed by atoms with van der Waals surface area (Å²) in [5.74, 6) is 2.00. The van der Waals surface area contributed by atoms with E-state index >= 15 is 0 Å². The molecule has 1 aromatic carbocycles. The van der Waals surface area contributed by atoms with Crippen LogP contribution in [0.25, 0.3) is 0 Å². The Hall–Kier alpha value is -1.74. The third kappa shape index (κ3) is 2.99. The smallest absolute Gasteiger partial charge is 0.117 e. The Morgan fingerprint density at radius 1 is 1.21 bits per heavy atom. The number of nitrogens with one attached hydrogen (secondary N) is 1. The fraction of sp³-hybridized carbons (Fsp3) is 0.375. The van der Waals surface area contributed by atoms with Gasteiger partial charge in [0.15, 0.2) is 0 Å². The molecule has 0 spiro atoms. The summed E-state index contributed by atoms with van der Waals surface area (Å²) in [6, 6.07) is 15.2. The number of aryl methyl sites for hydroxylation is 1. The number of anilines is 1. The fourth-order valence-corrected chi connectivity index (χ4v) is 2.63. The van der Waals surface area contributed by atoms with E-state index in [9.17, 15) is 0 Å². The molecule has 2 aromatic rings. The van der Waals surface area contributed by atoms with Gasteiger partial charge in [-0.05, 0) is 37.6 Å². The van der Waals surface area contributed by atoms with Crippen LogP contribution in [0.2, 0.25) is 0 Å². The molecule has 1 atom stereocenters. The Balaban J connectivity index is 1.52. The molecule has 1 N–H and O–H groups in total. The molecular weight excluding hydrogens is 236 g/mol. The Morgan fingerprint density at radius 2 is 2.05 bits per heavy atom. The van der Waals surface area contributed by atoms with Crippen LogP contribution in [0.3, 0.4) is 0 Å². The van der Waals surface area contributed by atoms with Gasteiger partial charge in [0.05, 0.1) is 6.54 Å². The van der Waals surface area contributed by atoms with Crippen molar-refractivity contribution in [1.82, 2.24) is 5.32 Å². The lowest BCUT2D eigenvalue weighted by molar-refractivity contribution is 0.440. The van der Waals surface area contributed by atoms with Crippen molar-refractivity contribution in [3.05, 3.63) is 54.0 Å². The summed E-state index contributed by atoms with van der Waals surface area (Å²) in [4.78, 5) is 2.44. The number of hydrogen-bond donors (Lipinski definition) is 1. The van der Waals surface area contributed by atoms with Crippen molar-refractivity contribution in [3.8, 4) is 0 Å². The van der Waals surface area contributed by atoms with Crippen molar-refractivity contribution in [1.29, 1.82) is 0 Å². The average molecular weight is 256 g/mol. The SMILES string of the molecule is Cc1ccc(CNC2CCN(c3ccccc3)C2)o1. The second-order valence-electron chi connectivity index (χ2n) is 5.16. The molecule has 3 heteroatoms. The van der Waals surface area contributed by atoms with Gasteiger partial charge in [-0.2, -0.15) is 0 Å². The molecule has 2 heterocycles. The third-order valence-electron chi connectivity index (χ3n) is 3.67. The Bertz CT molecular complexity index is 521. The number of benzene rings is 1.